The first-order valence-corrected chi connectivity index (χ1v) is 7.19. The van der Waals surface area contributed by atoms with Crippen molar-refractivity contribution in [3.63, 3.8) is 0 Å². The van der Waals surface area contributed by atoms with E-state index in [4.69, 9.17) is 0 Å². The number of nitrogens with zero attached hydrogens (tertiary/aromatic N) is 3. The topological polar surface area (TPSA) is 115 Å². The van der Waals surface area contributed by atoms with Gasteiger partial charge in [0.2, 0.25) is 17.8 Å². The number of anilines is 5. The maximum Gasteiger partial charge on any atom is 0.233 e. The molecule has 0 unspecified atom stereocenters. The Bertz CT molecular complexity index is 855. The van der Waals surface area contributed by atoms with E-state index in [0.29, 0.717) is 17.3 Å². The van der Waals surface area contributed by atoms with Gasteiger partial charge in [-0.15, -0.1) is 0 Å². The van der Waals surface area contributed by atoms with Crippen molar-refractivity contribution < 1.29 is 10.2 Å². The quantitative estimate of drug-likeness (QED) is 0.455. The molecule has 1 aromatic heterocycles. The van der Waals surface area contributed by atoms with Crippen molar-refractivity contribution in [2.75, 3.05) is 23.0 Å². The fourth-order valence-corrected chi connectivity index (χ4v) is 2.01. The number of aromatic hydroxyl groups is 2. The highest BCUT2D eigenvalue weighted by Crippen LogP contribution is 2.25. The van der Waals surface area contributed by atoms with Gasteiger partial charge in [0, 0.05) is 18.8 Å². The molecule has 0 aliphatic heterocycles. The van der Waals surface area contributed by atoms with Crippen LogP contribution in [0.3, 0.4) is 0 Å². The highest BCUT2D eigenvalue weighted by molar-refractivity contribution is 5.64. The molecule has 3 rings (SSSR count). The molecular weight excluding hydrogens is 308 g/mol. The number of nitrogens with one attached hydrogen (secondary N) is 3. The summed E-state index contributed by atoms with van der Waals surface area (Å²) in [5.74, 6) is 1.13. The number of benzene rings is 2. The van der Waals surface area contributed by atoms with Crippen LogP contribution in [-0.2, 0) is 0 Å². The minimum absolute atomic E-state index is 0.0893. The number of hydrogen-bond acceptors (Lipinski definition) is 8. The molecule has 0 aliphatic carbocycles. The highest BCUT2D eigenvalue weighted by atomic mass is 16.3. The van der Waals surface area contributed by atoms with Crippen LogP contribution in [0.2, 0.25) is 0 Å². The fraction of sp³-hybridized carbons (Fsp3) is 0.0625. The van der Waals surface area contributed by atoms with Crippen LogP contribution in [0.25, 0.3) is 0 Å². The lowest BCUT2D eigenvalue weighted by molar-refractivity contribution is 0.475. The molecule has 0 amide bonds. The zero-order chi connectivity index (χ0) is 16.9. The molecule has 1 heterocycles. The van der Waals surface area contributed by atoms with Crippen LogP contribution in [-0.4, -0.2) is 32.2 Å². The largest absolute Gasteiger partial charge is 0.508 e. The van der Waals surface area contributed by atoms with Gasteiger partial charge in [-0.2, -0.15) is 15.0 Å². The Morgan fingerprint density at radius 2 is 1.50 bits per heavy atom. The summed E-state index contributed by atoms with van der Waals surface area (Å²) in [6.45, 7) is 0. The lowest BCUT2D eigenvalue weighted by Crippen LogP contribution is -2.07. The van der Waals surface area contributed by atoms with Crippen LogP contribution in [0.15, 0.2) is 48.5 Å². The SMILES string of the molecule is CNc1nc(Nc2cccc(O)c2)nc(Nc2ccccc2O)n1. The third kappa shape index (κ3) is 3.61. The van der Waals surface area contributed by atoms with Gasteiger partial charge in [0.25, 0.3) is 0 Å². The summed E-state index contributed by atoms with van der Waals surface area (Å²) < 4.78 is 0. The molecule has 0 aliphatic rings. The van der Waals surface area contributed by atoms with E-state index in [9.17, 15) is 10.2 Å². The molecule has 0 spiro atoms. The smallest absolute Gasteiger partial charge is 0.233 e. The summed E-state index contributed by atoms with van der Waals surface area (Å²) in [4.78, 5) is 12.7. The van der Waals surface area contributed by atoms with Gasteiger partial charge in [0.05, 0.1) is 5.69 Å². The maximum absolute atomic E-state index is 9.84. The number of phenols is 2. The van der Waals surface area contributed by atoms with Crippen LogP contribution in [0.4, 0.5) is 29.2 Å². The average molecular weight is 324 g/mol. The summed E-state index contributed by atoms with van der Waals surface area (Å²) >= 11 is 0. The zero-order valence-corrected chi connectivity index (χ0v) is 12.9. The van der Waals surface area contributed by atoms with Crippen molar-refractivity contribution in [3.05, 3.63) is 48.5 Å². The number of para-hydroxylation sites is 2. The van der Waals surface area contributed by atoms with Crippen molar-refractivity contribution >= 4 is 29.2 Å². The van der Waals surface area contributed by atoms with Crippen molar-refractivity contribution in [2.45, 2.75) is 0 Å². The molecule has 5 N–H and O–H groups in total. The van der Waals surface area contributed by atoms with Crippen LogP contribution in [0, 0.1) is 0 Å². The van der Waals surface area contributed by atoms with Crippen LogP contribution < -0.4 is 16.0 Å². The number of rotatable bonds is 5. The normalized spacial score (nSPS) is 10.2. The van der Waals surface area contributed by atoms with Gasteiger partial charge in [0.15, 0.2) is 0 Å². The molecular formula is C16H16N6O2. The second-order valence-corrected chi connectivity index (χ2v) is 4.87. The first kappa shape index (κ1) is 15.3. The molecule has 0 fully saturated rings. The summed E-state index contributed by atoms with van der Waals surface area (Å²) in [5, 5.41) is 28.2. The molecule has 0 saturated carbocycles. The monoisotopic (exact) mass is 324 g/mol. The zero-order valence-electron chi connectivity index (χ0n) is 12.9. The van der Waals surface area contributed by atoms with Gasteiger partial charge < -0.3 is 26.2 Å². The second kappa shape index (κ2) is 6.69. The van der Waals surface area contributed by atoms with Gasteiger partial charge in [-0.1, -0.05) is 18.2 Å². The second-order valence-electron chi connectivity index (χ2n) is 4.87. The summed E-state index contributed by atoms with van der Waals surface area (Å²) in [7, 11) is 1.69. The van der Waals surface area contributed by atoms with Gasteiger partial charge in [0.1, 0.15) is 11.5 Å². The highest BCUT2D eigenvalue weighted by Gasteiger charge is 2.08. The Hall–Kier alpha value is -3.55. The third-order valence-corrected chi connectivity index (χ3v) is 3.11. The number of phenolic OH excluding ortho intramolecular Hbond substituents is 2. The molecule has 0 saturated heterocycles. The van der Waals surface area contributed by atoms with E-state index in [1.807, 2.05) is 0 Å². The molecule has 3 aromatic rings. The minimum Gasteiger partial charge on any atom is -0.508 e. The predicted molar refractivity (Wildman–Crippen MR) is 92.2 cm³/mol. The predicted octanol–water partition coefficient (Wildman–Crippen LogP) is 2.81. The minimum atomic E-state index is 0.0893. The van der Waals surface area contributed by atoms with Crippen molar-refractivity contribution in [1.29, 1.82) is 0 Å². The van der Waals surface area contributed by atoms with Crippen LogP contribution in [0.1, 0.15) is 0 Å². The Morgan fingerprint density at radius 1 is 0.792 bits per heavy atom. The Balaban J connectivity index is 1.89. The van der Waals surface area contributed by atoms with Crippen molar-refractivity contribution in [3.8, 4) is 11.5 Å². The van der Waals surface area contributed by atoms with E-state index in [-0.39, 0.29) is 23.4 Å². The molecule has 122 valence electrons. The Labute approximate surface area is 138 Å². The fourth-order valence-electron chi connectivity index (χ4n) is 2.01. The molecule has 0 radical (unpaired) electrons. The first-order chi connectivity index (χ1) is 11.6. The van der Waals surface area contributed by atoms with E-state index in [1.165, 1.54) is 0 Å². The van der Waals surface area contributed by atoms with Gasteiger partial charge in [-0.05, 0) is 24.3 Å². The maximum atomic E-state index is 9.84. The van der Waals surface area contributed by atoms with Crippen LogP contribution in [0.5, 0.6) is 11.5 Å². The molecule has 0 atom stereocenters. The number of aromatic nitrogens is 3. The first-order valence-electron chi connectivity index (χ1n) is 7.19. The van der Waals surface area contributed by atoms with Crippen molar-refractivity contribution in [2.24, 2.45) is 0 Å². The molecule has 0 bridgehead atoms. The number of hydrogen-bond donors (Lipinski definition) is 5. The third-order valence-electron chi connectivity index (χ3n) is 3.11. The molecule has 2 aromatic carbocycles. The van der Waals surface area contributed by atoms with Crippen molar-refractivity contribution in [1.82, 2.24) is 15.0 Å². The van der Waals surface area contributed by atoms with E-state index in [1.54, 1.807) is 55.6 Å². The lowest BCUT2D eigenvalue weighted by atomic mass is 10.3. The van der Waals surface area contributed by atoms with E-state index < -0.39 is 0 Å². The van der Waals surface area contributed by atoms with Crippen LogP contribution >= 0.6 is 0 Å². The average Bonchev–Trinajstić information content (AvgIpc) is 2.57. The standard InChI is InChI=1S/C16H16N6O2/c1-17-14-20-15(18-10-5-4-6-11(23)9-10)22-16(21-14)19-12-7-2-3-8-13(12)24/h2-9,23-24H,1H3,(H3,17,18,19,20,21,22). The van der Waals surface area contributed by atoms with Gasteiger partial charge in [-0.25, -0.2) is 0 Å². The van der Waals surface area contributed by atoms with E-state index in [0.717, 1.165) is 0 Å². The van der Waals surface area contributed by atoms with E-state index >= 15 is 0 Å². The summed E-state index contributed by atoms with van der Waals surface area (Å²) in [6, 6.07) is 13.4. The summed E-state index contributed by atoms with van der Waals surface area (Å²) in [5.41, 5.74) is 1.12. The summed E-state index contributed by atoms with van der Waals surface area (Å²) in [6.07, 6.45) is 0. The van der Waals surface area contributed by atoms with Gasteiger partial charge >= 0.3 is 0 Å². The van der Waals surface area contributed by atoms with Gasteiger partial charge in [-0.3, -0.25) is 0 Å². The van der Waals surface area contributed by atoms with E-state index in [2.05, 4.69) is 30.9 Å². The molecule has 8 heteroatoms. The molecule has 24 heavy (non-hydrogen) atoms. The Morgan fingerprint density at radius 3 is 2.21 bits per heavy atom. The lowest BCUT2D eigenvalue weighted by Gasteiger charge is -2.11. The Kier molecular flexibility index (Phi) is 4.28. The molecule has 8 nitrogen and oxygen atoms in total.